The van der Waals surface area contributed by atoms with Gasteiger partial charge < -0.3 is 4.74 Å². The summed E-state index contributed by atoms with van der Waals surface area (Å²) in [5, 5.41) is 0.504. The Morgan fingerprint density at radius 2 is 1.80 bits per heavy atom. The van der Waals surface area contributed by atoms with Crippen LogP contribution in [0.5, 0.6) is 0 Å². The van der Waals surface area contributed by atoms with Crippen molar-refractivity contribution in [3.63, 3.8) is 0 Å². The molecule has 0 spiro atoms. The molecule has 25 heavy (non-hydrogen) atoms. The maximum Gasteiger partial charge on any atom is 0.349 e. The predicted octanol–water partition coefficient (Wildman–Crippen LogP) is 4.11. The van der Waals surface area contributed by atoms with Crippen LogP contribution in [0.15, 0.2) is 47.4 Å². The molecule has 0 saturated heterocycles. The first-order chi connectivity index (χ1) is 11.8. The number of nitrogens with one attached hydrogen (secondary N) is 1. The highest BCUT2D eigenvalue weighted by molar-refractivity contribution is 7.93. The molecule has 3 rings (SSSR count). The molecule has 5 nitrogen and oxygen atoms in total. The predicted molar refractivity (Wildman–Crippen MR) is 99.9 cm³/mol. The third kappa shape index (κ3) is 3.25. The zero-order valence-corrected chi connectivity index (χ0v) is 15.6. The van der Waals surface area contributed by atoms with E-state index in [0.717, 1.165) is 22.5 Å². The standard InChI is InChI=1S/C18H17NO4S2/c1-11-8-9-13(10-12(11)2)19-25(21,22)17-14-6-4-5-7-15(14)24-16(17)18(20)23-3/h4-10,19H,1-3H3. The van der Waals surface area contributed by atoms with Crippen LogP contribution in [0.1, 0.15) is 20.8 Å². The van der Waals surface area contributed by atoms with Crippen molar-refractivity contribution in [1.82, 2.24) is 0 Å². The van der Waals surface area contributed by atoms with Gasteiger partial charge in [-0.1, -0.05) is 24.3 Å². The number of carbonyl (C=O) groups excluding carboxylic acids is 1. The summed E-state index contributed by atoms with van der Waals surface area (Å²) in [5.74, 6) is -0.665. The van der Waals surface area contributed by atoms with E-state index in [0.29, 0.717) is 15.8 Å². The number of methoxy groups -OCH3 is 1. The molecule has 1 N–H and O–H groups in total. The molecule has 0 atom stereocenters. The molecule has 3 aromatic rings. The van der Waals surface area contributed by atoms with Crippen molar-refractivity contribution in [3.8, 4) is 0 Å². The van der Waals surface area contributed by atoms with Crippen molar-refractivity contribution in [3.05, 3.63) is 58.5 Å². The summed E-state index contributed by atoms with van der Waals surface area (Å²) in [6.07, 6.45) is 0. The molecule has 0 radical (unpaired) electrons. The smallest absolute Gasteiger partial charge is 0.349 e. The van der Waals surface area contributed by atoms with Crippen molar-refractivity contribution < 1.29 is 17.9 Å². The van der Waals surface area contributed by atoms with E-state index in [2.05, 4.69) is 4.72 Å². The van der Waals surface area contributed by atoms with Crippen LogP contribution in [0.25, 0.3) is 10.1 Å². The molecule has 0 fully saturated rings. The van der Waals surface area contributed by atoms with Crippen molar-refractivity contribution in [2.45, 2.75) is 18.7 Å². The number of sulfonamides is 1. The largest absolute Gasteiger partial charge is 0.465 e. The first-order valence-corrected chi connectivity index (χ1v) is 9.83. The van der Waals surface area contributed by atoms with Crippen LogP contribution in [0, 0.1) is 13.8 Å². The monoisotopic (exact) mass is 375 g/mol. The highest BCUT2D eigenvalue weighted by Crippen LogP contribution is 2.36. The fourth-order valence-corrected chi connectivity index (χ4v) is 5.40. The van der Waals surface area contributed by atoms with Gasteiger partial charge in [0.25, 0.3) is 10.0 Å². The van der Waals surface area contributed by atoms with Crippen LogP contribution in [-0.4, -0.2) is 21.5 Å². The van der Waals surface area contributed by atoms with Crippen molar-refractivity contribution in [1.29, 1.82) is 0 Å². The Hall–Kier alpha value is -2.38. The quantitative estimate of drug-likeness (QED) is 0.697. The molecule has 1 aromatic heterocycles. The Bertz CT molecular complexity index is 1070. The van der Waals surface area contributed by atoms with Gasteiger partial charge in [0.2, 0.25) is 0 Å². The number of fused-ring (bicyclic) bond motifs is 1. The minimum Gasteiger partial charge on any atom is -0.465 e. The Kier molecular flexibility index (Phi) is 4.53. The van der Waals surface area contributed by atoms with E-state index in [9.17, 15) is 13.2 Å². The fraction of sp³-hybridized carbons (Fsp3) is 0.167. The summed E-state index contributed by atoms with van der Waals surface area (Å²) in [7, 11) is -2.72. The topological polar surface area (TPSA) is 72.5 Å². The molecule has 2 aromatic carbocycles. The zero-order valence-electron chi connectivity index (χ0n) is 14.0. The molecular weight excluding hydrogens is 358 g/mol. The number of esters is 1. The van der Waals surface area contributed by atoms with Crippen LogP contribution in [0.3, 0.4) is 0 Å². The average Bonchev–Trinajstić information content (AvgIpc) is 2.97. The molecule has 0 saturated carbocycles. The van der Waals surface area contributed by atoms with Gasteiger partial charge in [-0.05, 0) is 43.2 Å². The number of thiophene rings is 1. The number of anilines is 1. The van der Waals surface area contributed by atoms with E-state index in [1.54, 1.807) is 36.4 Å². The van der Waals surface area contributed by atoms with E-state index in [1.165, 1.54) is 7.11 Å². The first kappa shape index (κ1) is 17.4. The molecule has 0 bridgehead atoms. The highest BCUT2D eigenvalue weighted by Gasteiger charge is 2.29. The Balaban J connectivity index is 2.15. The number of hydrogen-bond acceptors (Lipinski definition) is 5. The molecular formula is C18H17NO4S2. The zero-order chi connectivity index (χ0) is 18.2. The average molecular weight is 375 g/mol. The number of hydrogen-bond donors (Lipinski definition) is 1. The summed E-state index contributed by atoms with van der Waals surface area (Å²) in [6, 6.07) is 12.3. The van der Waals surface area contributed by atoms with Crippen molar-refractivity contribution in [2.24, 2.45) is 0 Å². The van der Waals surface area contributed by atoms with Gasteiger partial charge in [0.1, 0.15) is 9.77 Å². The third-order valence-corrected chi connectivity index (χ3v) is 6.69. The van der Waals surface area contributed by atoms with Gasteiger partial charge in [-0.15, -0.1) is 11.3 Å². The van der Waals surface area contributed by atoms with Gasteiger partial charge in [0, 0.05) is 15.8 Å². The molecule has 0 aliphatic carbocycles. The molecule has 0 aliphatic heterocycles. The van der Waals surface area contributed by atoms with E-state index in [-0.39, 0.29) is 9.77 Å². The molecule has 130 valence electrons. The van der Waals surface area contributed by atoms with Crippen LogP contribution in [-0.2, 0) is 14.8 Å². The first-order valence-electron chi connectivity index (χ1n) is 7.53. The normalized spacial score (nSPS) is 11.5. The Morgan fingerprint density at radius 1 is 1.08 bits per heavy atom. The summed E-state index contributed by atoms with van der Waals surface area (Å²) in [5.41, 5.74) is 2.50. The maximum atomic E-state index is 13.0. The molecule has 1 heterocycles. The lowest BCUT2D eigenvalue weighted by atomic mass is 10.1. The summed E-state index contributed by atoms with van der Waals surface area (Å²) in [4.78, 5) is 12.1. The van der Waals surface area contributed by atoms with Crippen LogP contribution in [0.4, 0.5) is 5.69 Å². The van der Waals surface area contributed by atoms with Crippen LogP contribution in [0.2, 0.25) is 0 Å². The Morgan fingerprint density at radius 3 is 2.48 bits per heavy atom. The van der Waals surface area contributed by atoms with Gasteiger partial charge in [0.15, 0.2) is 0 Å². The van der Waals surface area contributed by atoms with Crippen molar-refractivity contribution in [2.75, 3.05) is 11.8 Å². The second kappa shape index (κ2) is 6.50. The minimum atomic E-state index is -3.95. The van der Waals surface area contributed by atoms with Crippen molar-refractivity contribution >= 4 is 43.1 Å². The summed E-state index contributed by atoms with van der Waals surface area (Å²) < 4.78 is 34.1. The van der Waals surface area contributed by atoms with E-state index < -0.39 is 16.0 Å². The van der Waals surface area contributed by atoms with Gasteiger partial charge in [0.05, 0.1) is 7.11 Å². The van der Waals surface area contributed by atoms with Gasteiger partial charge in [-0.3, -0.25) is 4.72 Å². The molecule has 0 aliphatic rings. The number of carbonyl (C=O) groups is 1. The molecule has 0 amide bonds. The molecule has 0 unspecified atom stereocenters. The van der Waals surface area contributed by atoms with E-state index in [4.69, 9.17) is 4.74 Å². The van der Waals surface area contributed by atoms with Gasteiger partial charge >= 0.3 is 5.97 Å². The van der Waals surface area contributed by atoms with Crippen LogP contribution >= 0.6 is 11.3 Å². The second-order valence-electron chi connectivity index (χ2n) is 5.65. The number of rotatable bonds is 4. The Labute approximate surface area is 150 Å². The maximum absolute atomic E-state index is 13.0. The van der Waals surface area contributed by atoms with E-state index in [1.807, 2.05) is 19.9 Å². The van der Waals surface area contributed by atoms with Crippen LogP contribution < -0.4 is 4.72 Å². The lowest BCUT2D eigenvalue weighted by Crippen LogP contribution is -2.16. The highest BCUT2D eigenvalue weighted by atomic mass is 32.2. The number of benzene rings is 2. The number of aryl methyl sites for hydroxylation is 2. The third-order valence-electron chi connectivity index (χ3n) is 3.95. The lowest BCUT2D eigenvalue weighted by Gasteiger charge is -2.10. The fourth-order valence-electron chi connectivity index (χ4n) is 2.53. The number of ether oxygens (including phenoxy) is 1. The van der Waals surface area contributed by atoms with Gasteiger partial charge in [-0.2, -0.15) is 0 Å². The second-order valence-corrected chi connectivity index (χ2v) is 8.32. The SMILES string of the molecule is COC(=O)c1sc2ccccc2c1S(=O)(=O)Nc1ccc(C)c(C)c1. The summed E-state index contributed by atoms with van der Waals surface area (Å²) >= 11 is 1.11. The molecule has 7 heteroatoms. The van der Waals surface area contributed by atoms with E-state index >= 15 is 0 Å². The lowest BCUT2D eigenvalue weighted by molar-refractivity contribution is 0.0602. The summed E-state index contributed by atoms with van der Waals surface area (Å²) in [6.45, 7) is 3.86. The van der Waals surface area contributed by atoms with Gasteiger partial charge in [-0.25, -0.2) is 13.2 Å². The minimum absolute atomic E-state index is 0.0434.